The number of aliphatic imine (C=N–C) groups is 1. The maximum atomic E-state index is 5.41. The smallest absolute Gasteiger partial charge is 0.206 e. The average molecular weight is 234 g/mol. The summed E-state index contributed by atoms with van der Waals surface area (Å²) in [5.74, 6) is 6.07. The van der Waals surface area contributed by atoms with Gasteiger partial charge in [-0.1, -0.05) is 37.6 Å². The van der Waals surface area contributed by atoms with Crippen LogP contribution in [0.15, 0.2) is 29.3 Å². The van der Waals surface area contributed by atoms with Gasteiger partial charge in [-0.3, -0.25) is 5.43 Å². The highest BCUT2D eigenvalue weighted by atomic mass is 15.3. The fourth-order valence-electron chi connectivity index (χ4n) is 1.49. The first-order valence-corrected chi connectivity index (χ1v) is 6.07. The lowest BCUT2D eigenvalue weighted by Crippen LogP contribution is -2.42. The number of nitrogens with one attached hydrogen (secondary N) is 2. The number of hydrogen-bond donors (Lipinski definition) is 3. The van der Waals surface area contributed by atoms with E-state index in [4.69, 9.17) is 5.84 Å². The van der Waals surface area contributed by atoms with Crippen molar-refractivity contribution in [2.45, 2.75) is 33.2 Å². The van der Waals surface area contributed by atoms with Crippen LogP contribution in [-0.4, -0.2) is 12.5 Å². The predicted molar refractivity (Wildman–Crippen MR) is 72.6 cm³/mol. The van der Waals surface area contributed by atoms with E-state index in [1.807, 2.05) is 12.1 Å². The van der Waals surface area contributed by atoms with Crippen molar-refractivity contribution in [3.63, 3.8) is 0 Å². The highest BCUT2D eigenvalue weighted by Crippen LogP contribution is 2.07. The fraction of sp³-hybridized carbons (Fsp3) is 0.462. The first kappa shape index (κ1) is 13.5. The molecule has 4 N–H and O–H groups in total. The normalized spacial score (nSPS) is 11.4. The summed E-state index contributed by atoms with van der Waals surface area (Å²) in [5.41, 5.74) is 5.06. The number of nitrogens with two attached hydrogens (primary N) is 1. The monoisotopic (exact) mass is 234 g/mol. The van der Waals surface area contributed by atoms with E-state index in [1.54, 1.807) is 0 Å². The molecule has 4 heteroatoms. The minimum absolute atomic E-state index is 0.644. The highest BCUT2D eigenvalue weighted by molar-refractivity contribution is 5.79. The quantitative estimate of drug-likeness (QED) is 0.239. The molecule has 0 fully saturated rings. The second-order valence-electron chi connectivity index (χ2n) is 4.02. The molecule has 0 atom stereocenters. The van der Waals surface area contributed by atoms with Crippen LogP contribution in [0, 0.1) is 6.92 Å². The van der Waals surface area contributed by atoms with Crippen molar-refractivity contribution in [2.24, 2.45) is 10.8 Å². The predicted octanol–water partition coefficient (Wildman–Crippen LogP) is 1.70. The Morgan fingerprint density at radius 2 is 2.12 bits per heavy atom. The molecule has 0 saturated carbocycles. The van der Waals surface area contributed by atoms with Crippen LogP contribution in [0.2, 0.25) is 0 Å². The van der Waals surface area contributed by atoms with Crippen LogP contribution in [0.25, 0.3) is 0 Å². The Kier molecular flexibility index (Phi) is 6.10. The largest absolute Gasteiger partial charge is 0.355 e. The van der Waals surface area contributed by atoms with Crippen LogP contribution in [0.5, 0.6) is 0 Å². The molecule has 0 aliphatic carbocycles. The maximum Gasteiger partial charge on any atom is 0.206 e. The lowest BCUT2D eigenvalue weighted by Gasteiger charge is -2.09. The summed E-state index contributed by atoms with van der Waals surface area (Å²) in [6.45, 7) is 5.78. The van der Waals surface area contributed by atoms with E-state index in [-0.39, 0.29) is 0 Å². The van der Waals surface area contributed by atoms with Crippen LogP contribution < -0.4 is 16.6 Å². The zero-order valence-corrected chi connectivity index (χ0v) is 10.7. The Labute approximate surface area is 103 Å². The molecule has 0 spiro atoms. The molecule has 1 rings (SSSR count). The first-order valence-electron chi connectivity index (χ1n) is 6.07. The molecule has 0 radical (unpaired) electrons. The standard InChI is InChI=1S/C13H22N4/c1-3-4-9-15-13(17-14)16-10-12-8-6-5-7-11(12)2/h5-8H,3-4,9-10,14H2,1-2H3,(H2,15,16,17). The van der Waals surface area contributed by atoms with E-state index in [9.17, 15) is 0 Å². The molecule has 1 aromatic rings. The van der Waals surface area contributed by atoms with Gasteiger partial charge in [0.15, 0.2) is 0 Å². The van der Waals surface area contributed by atoms with Crippen LogP contribution in [-0.2, 0) is 6.54 Å². The van der Waals surface area contributed by atoms with Crippen molar-refractivity contribution in [1.82, 2.24) is 10.7 Å². The summed E-state index contributed by atoms with van der Waals surface area (Å²) in [6.07, 6.45) is 2.27. The Morgan fingerprint density at radius 1 is 1.35 bits per heavy atom. The molecule has 0 unspecified atom stereocenters. The number of aryl methyl sites for hydroxylation is 1. The molecule has 0 saturated heterocycles. The highest BCUT2D eigenvalue weighted by Gasteiger charge is 1.97. The van der Waals surface area contributed by atoms with E-state index in [1.165, 1.54) is 11.1 Å². The number of hydrogen-bond acceptors (Lipinski definition) is 2. The van der Waals surface area contributed by atoms with Gasteiger partial charge in [0, 0.05) is 6.54 Å². The van der Waals surface area contributed by atoms with Gasteiger partial charge in [0.05, 0.1) is 6.54 Å². The zero-order chi connectivity index (χ0) is 12.5. The molecule has 1 aromatic carbocycles. The lowest BCUT2D eigenvalue weighted by atomic mass is 10.1. The minimum Gasteiger partial charge on any atom is -0.355 e. The number of benzene rings is 1. The number of nitrogens with zero attached hydrogens (tertiary/aromatic N) is 1. The van der Waals surface area contributed by atoms with Crippen molar-refractivity contribution >= 4 is 5.96 Å². The molecule has 4 nitrogen and oxygen atoms in total. The third-order valence-corrected chi connectivity index (χ3v) is 2.63. The molecule has 0 aliphatic rings. The second-order valence-corrected chi connectivity index (χ2v) is 4.02. The van der Waals surface area contributed by atoms with Gasteiger partial charge < -0.3 is 5.32 Å². The SMILES string of the molecule is CCCCNC(=NCc1ccccc1C)NN. The fourth-order valence-corrected chi connectivity index (χ4v) is 1.49. The third-order valence-electron chi connectivity index (χ3n) is 2.63. The van der Waals surface area contributed by atoms with Gasteiger partial charge in [-0.25, -0.2) is 10.8 Å². The van der Waals surface area contributed by atoms with Gasteiger partial charge in [-0.05, 0) is 24.5 Å². The summed E-state index contributed by atoms with van der Waals surface area (Å²) in [7, 11) is 0. The molecule has 0 aliphatic heterocycles. The Balaban J connectivity index is 2.52. The molecular weight excluding hydrogens is 212 g/mol. The van der Waals surface area contributed by atoms with Gasteiger partial charge >= 0.3 is 0 Å². The van der Waals surface area contributed by atoms with Crippen LogP contribution >= 0.6 is 0 Å². The molecule has 0 heterocycles. The topological polar surface area (TPSA) is 62.4 Å². The summed E-state index contributed by atoms with van der Waals surface area (Å²) in [4.78, 5) is 4.41. The van der Waals surface area contributed by atoms with Gasteiger partial charge in [-0.2, -0.15) is 0 Å². The van der Waals surface area contributed by atoms with E-state index in [2.05, 4.69) is 41.7 Å². The molecule has 0 amide bonds. The van der Waals surface area contributed by atoms with Crippen LogP contribution in [0.3, 0.4) is 0 Å². The molecule has 0 aromatic heterocycles. The Bertz CT molecular complexity index is 360. The van der Waals surface area contributed by atoms with Gasteiger partial charge in [-0.15, -0.1) is 0 Å². The second kappa shape index (κ2) is 7.68. The maximum absolute atomic E-state index is 5.41. The minimum atomic E-state index is 0.644. The Hall–Kier alpha value is -1.55. The van der Waals surface area contributed by atoms with Crippen molar-refractivity contribution in [3.05, 3.63) is 35.4 Å². The number of hydrazine groups is 1. The summed E-state index contributed by atoms with van der Waals surface area (Å²) < 4.78 is 0. The molecule has 17 heavy (non-hydrogen) atoms. The van der Waals surface area contributed by atoms with Crippen molar-refractivity contribution in [2.75, 3.05) is 6.54 Å². The summed E-state index contributed by atoms with van der Waals surface area (Å²) in [5, 5.41) is 3.17. The number of rotatable bonds is 5. The lowest BCUT2D eigenvalue weighted by molar-refractivity contribution is 0.731. The molecule has 0 bridgehead atoms. The van der Waals surface area contributed by atoms with E-state index in [0.717, 1.165) is 19.4 Å². The third kappa shape index (κ3) is 4.87. The van der Waals surface area contributed by atoms with Gasteiger partial charge in [0.2, 0.25) is 5.96 Å². The molecule has 94 valence electrons. The molecular formula is C13H22N4. The first-order chi connectivity index (χ1) is 8.27. The van der Waals surface area contributed by atoms with Crippen LogP contribution in [0.1, 0.15) is 30.9 Å². The van der Waals surface area contributed by atoms with E-state index in [0.29, 0.717) is 12.5 Å². The van der Waals surface area contributed by atoms with Crippen LogP contribution in [0.4, 0.5) is 0 Å². The van der Waals surface area contributed by atoms with Crippen molar-refractivity contribution < 1.29 is 0 Å². The summed E-state index contributed by atoms with van der Waals surface area (Å²) in [6, 6.07) is 8.23. The van der Waals surface area contributed by atoms with E-state index >= 15 is 0 Å². The van der Waals surface area contributed by atoms with E-state index < -0.39 is 0 Å². The van der Waals surface area contributed by atoms with Crippen molar-refractivity contribution in [1.29, 1.82) is 0 Å². The Morgan fingerprint density at radius 3 is 2.76 bits per heavy atom. The zero-order valence-electron chi connectivity index (χ0n) is 10.7. The van der Waals surface area contributed by atoms with Gasteiger partial charge in [0.1, 0.15) is 0 Å². The van der Waals surface area contributed by atoms with Gasteiger partial charge in [0.25, 0.3) is 0 Å². The average Bonchev–Trinajstić information content (AvgIpc) is 2.35. The van der Waals surface area contributed by atoms with Crippen molar-refractivity contribution in [3.8, 4) is 0 Å². The number of unbranched alkanes of at least 4 members (excludes halogenated alkanes) is 1. The summed E-state index contributed by atoms with van der Waals surface area (Å²) >= 11 is 0. The number of guanidine groups is 1.